The van der Waals surface area contributed by atoms with Crippen molar-refractivity contribution in [1.29, 1.82) is 0 Å². The zero-order valence-corrected chi connectivity index (χ0v) is 8.16. The Balaban J connectivity index is 1.98. The molecular weight excluding hydrogens is 180 g/mol. The molecule has 2 heterocycles. The Morgan fingerprint density at radius 1 is 1.79 bits per heavy atom. The van der Waals surface area contributed by atoms with E-state index in [1.165, 1.54) is 0 Å². The van der Waals surface area contributed by atoms with Crippen molar-refractivity contribution < 1.29 is 4.79 Å². The lowest BCUT2D eigenvalue weighted by Crippen LogP contribution is -2.37. The van der Waals surface area contributed by atoms with Gasteiger partial charge in [-0.25, -0.2) is 0 Å². The van der Waals surface area contributed by atoms with E-state index < -0.39 is 0 Å². The molecule has 76 valence electrons. The van der Waals surface area contributed by atoms with E-state index >= 15 is 0 Å². The van der Waals surface area contributed by atoms with Gasteiger partial charge in [0.15, 0.2) is 0 Å². The fourth-order valence-corrected chi connectivity index (χ4v) is 1.63. The van der Waals surface area contributed by atoms with E-state index in [0.717, 1.165) is 19.5 Å². The van der Waals surface area contributed by atoms with Gasteiger partial charge in [0.2, 0.25) is 0 Å². The van der Waals surface area contributed by atoms with Gasteiger partial charge in [0.05, 0.1) is 0 Å². The van der Waals surface area contributed by atoms with Crippen LogP contribution in [0.2, 0.25) is 0 Å². The van der Waals surface area contributed by atoms with Crippen LogP contribution in [0.1, 0.15) is 16.9 Å². The summed E-state index contributed by atoms with van der Waals surface area (Å²) in [4.78, 5) is 11.7. The fourth-order valence-electron chi connectivity index (χ4n) is 1.63. The predicted molar refractivity (Wildman–Crippen MR) is 51.9 cm³/mol. The molecule has 1 aromatic rings. The highest BCUT2D eigenvalue weighted by Gasteiger charge is 2.18. The zero-order valence-electron chi connectivity index (χ0n) is 8.16. The Labute approximate surface area is 82.5 Å². The predicted octanol–water partition coefficient (Wildman–Crippen LogP) is -0.488. The van der Waals surface area contributed by atoms with Crippen LogP contribution in [0.4, 0.5) is 0 Å². The van der Waals surface area contributed by atoms with Gasteiger partial charge in [0.1, 0.15) is 5.69 Å². The average molecular weight is 194 g/mol. The Hall–Kier alpha value is -1.36. The molecule has 1 aliphatic heterocycles. The first-order valence-corrected chi connectivity index (χ1v) is 4.77. The van der Waals surface area contributed by atoms with Crippen LogP contribution in [-0.2, 0) is 7.05 Å². The number of carbonyl (C=O) groups is 1. The van der Waals surface area contributed by atoms with Gasteiger partial charge >= 0.3 is 0 Å². The molecule has 0 unspecified atom stereocenters. The van der Waals surface area contributed by atoms with Crippen molar-refractivity contribution in [3.63, 3.8) is 0 Å². The van der Waals surface area contributed by atoms with Crippen molar-refractivity contribution in [1.82, 2.24) is 20.4 Å². The van der Waals surface area contributed by atoms with Crippen molar-refractivity contribution in [3.05, 3.63) is 18.0 Å². The Morgan fingerprint density at radius 3 is 3.21 bits per heavy atom. The molecule has 14 heavy (non-hydrogen) atoms. The monoisotopic (exact) mass is 194 g/mol. The summed E-state index contributed by atoms with van der Waals surface area (Å²) in [6.07, 6.45) is 2.63. The van der Waals surface area contributed by atoms with E-state index in [2.05, 4.69) is 15.7 Å². The molecule has 1 aliphatic rings. The molecule has 0 spiro atoms. The number of nitrogens with zero attached hydrogens (tertiary/aromatic N) is 2. The van der Waals surface area contributed by atoms with Crippen molar-refractivity contribution >= 4 is 5.91 Å². The molecule has 2 N–H and O–H groups in total. The number of nitrogens with one attached hydrogen (secondary N) is 2. The molecule has 5 nitrogen and oxygen atoms in total. The number of carbonyl (C=O) groups excluding carboxylic acids is 1. The van der Waals surface area contributed by atoms with Crippen molar-refractivity contribution in [2.45, 2.75) is 12.5 Å². The van der Waals surface area contributed by atoms with Crippen LogP contribution in [0.5, 0.6) is 0 Å². The van der Waals surface area contributed by atoms with E-state index in [9.17, 15) is 4.79 Å². The van der Waals surface area contributed by atoms with Gasteiger partial charge in [-0.2, -0.15) is 5.10 Å². The highest BCUT2D eigenvalue weighted by molar-refractivity contribution is 5.92. The minimum atomic E-state index is -0.0429. The van der Waals surface area contributed by atoms with Crippen molar-refractivity contribution in [3.8, 4) is 0 Å². The number of amides is 1. The highest BCUT2D eigenvalue weighted by Crippen LogP contribution is 2.01. The Bertz CT molecular complexity index is 327. The van der Waals surface area contributed by atoms with Crippen LogP contribution in [0.25, 0.3) is 0 Å². The first-order chi connectivity index (χ1) is 6.77. The van der Waals surface area contributed by atoms with E-state index in [1.807, 2.05) is 0 Å². The van der Waals surface area contributed by atoms with E-state index in [-0.39, 0.29) is 11.9 Å². The van der Waals surface area contributed by atoms with E-state index in [1.54, 1.807) is 24.0 Å². The van der Waals surface area contributed by atoms with Crippen LogP contribution in [0.15, 0.2) is 12.3 Å². The second-order valence-electron chi connectivity index (χ2n) is 3.50. The minimum absolute atomic E-state index is 0.0429. The summed E-state index contributed by atoms with van der Waals surface area (Å²) < 4.78 is 1.58. The number of rotatable bonds is 2. The van der Waals surface area contributed by atoms with Crippen LogP contribution < -0.4 is 10.6 Å². The van der Waals surface area contributed by atoms with Crippen LogP contribution >= 0.6 is 0 Å². The van der Waals surface area contributed by atoms with Gasteiger partial charge in [0, 0.05) is 25.8 Å². The minimum Gasteiger partial charge on any atom is -0.347 e. The summed E-state index contributed by atoms with van der Waals surface area (Å²) in [5.41, 5.74) is 0.608. The summed E-state index contributed by atoms with van der Waals surface area (Å²) in [5, 5.41) is 10.1. The fraction of sp³-hybridized carbons (Fsp3) is 0.556. The molecule has 0 bridgehead atoms. The quantitative estimate of drug-likeness (QED) is 0.668. The van der Waals surface area contributed by atoms with Gasteiger partial charge in [-0.05, 0) is 19.0 Å². The van der Waals surface area contributed by atoms with E-state index in [4.69, 9.17) is 0 Å². The molecule has 0 aromatic carbocycles. The van der Waals surface area contributed by atoms with Crippen LogP contribution in [-0.4, -0.2) is 34.8 Å². The third-order valence-electron chi connectivity index (χ3n) is 2.45. The van der Waals surface area contributed by atoms with Gasteiger partial charge < -0.3 is 10.6 Å². The number of hydrogen-bond acceptors (Lipinski definition) is 3. The maximum atomic E-state index is 11.7. The summed E-state index contributed by atoms with van der Waals surface area (Å²) in [7, 11) is 1.77. The molecule has 1 amide bonds. The molecule has 0 saturated carbocycles. The molecule has 0 aliphatic carbocycles. The lowest BCUT2D eigenvalue weighted by Gasteiger charge is -2.10. The van der Waals surface area contributed by atoms with E-state index in [0.29, 0.717) is 5.69 Å². The lowest BCUT2D eigenvalue weighted by molar-refractivity contribution is 0.0930. The Kier molecular flexibility index (Phi) is 2.49. The summed E-state index contributed by atoms with van der Waals surface area (Å²) in [6, 6.07) is 1.98. The lowest BCUT2D eigenvalue weighted by atomic mass is 10.2. The van der Waals surface area contributed by atoms with Crippen molar-refractivity contribution in [2.75, 3.05) is 13.1 Å². The van der Waals surface area contributed by atoms with Crippen LogP contribution in [0.3, 0.4) is 0 Å². The third-order valence-corrected chi connectivity index (χ3v) is 2.45. The summed E-state index contributed by atoms with van der Waals surface area (Å²) in [6.45, 7) is 1.85. The number of aryl methyl sites for hydroxylation is 1. The number of hydrogen-bond donors (Lipinski definition) is 2. The molecule has 5 heteroatoms. The van der Waals surface area contributed by atoms with Gasteiger partial charge in [0.25, 0.3) is 5.91 Å². The van der Waals surface area contributed by atoms with Gasteiger partial charge in [-0.3, -0.25) is 9.48 Å². The molecule has 1 atom stereocenters. The zero-order chi connectivity index (χ0) is 9.97. The van der Waals surface area contributed by atoms with Crippen molar-refractivity contribution in [2.24, 2.45) is 7.05 Å². The smallest absolute Gasteiger partial charge is 0.269 e. The SMILES string of the molecule is Cn1nccc1C(=O)N[C@H]1CCNC1. The second kappa shape index (κ2) is 3.79. The first-order valence-electron chi connectivity index (χ1n) is 4.77. The topological polar surface area (TPSA) is 59.0 Å². The number of aromatic nitrogens is 2. The normalized spacial score (nSPS) is 21.1. The van der Waals surface area contributed by atoms with Gasteiger partial charge in [-0.15, -0.1) is 0 Å². The molecule has 1 aromatic heterocycles. The maximum absolute atomic E-state index is 11.7. The summed E-state index contributed by atoms with van der Waals surface area (Å²) >= 11 is 0. The largest absolute Gasteiger partial charge is 0.347 e. The second-order valence-corrected chi connectivity index (χ2v) is 3.50. The molecule has 2 rings (SSSR count). The first kappa shape index (κ1) is 9.21. The molecular formula is C9H14N4O. The van der Waals surface area contributed by atoms with Gasteiger partial charge in [-0.1, -0.05) is 0 Å². The molecule has 0 radical (unpaired) electrons. The summed E-state index contributed by atoms with van der Waals surface area (Å²) in [5.74, 6) is -0.0429. The maximum Gasteiger partial charge on any atom is 0.269 e. The highest BCUT2D eigenvalue weighted by atomic mass is 16.2. The average Bonchev–Trinajstić information content (AvgIpc) is 2.75. The van der Waals surface area contributed by atoms with Crippen LogP contribution in [0, 0.1) is 0 Å². The molecule has 1 fully saturated rings. The Morgan fingerprint density at radius 2 is 2.64 bits per heavy atom. The molecule has 1 saturated heterocycles. The third kappa shape index (κ3) is 1.77. The standard InChI is InChI=1S/C9H14N4O/c1-13-8(3-5-11-13)9(14)12-7-2-4-10-6-7/h3,5,7,10H,2,4,6H2,1H3,(H,12,14)/t7-/m0/s1.